The number of piperidine rings is 1. The van der Waals surface area contributed by atoms with E-state index in [1.165, 1.54) is 12.1 Å². The van der Waals surface area contributed by atoms with Crippen molar-refractivity contribution in [1.29, 1.82) is 0 Å². The molecular formula is C25H31ClFN5O2. The molecule has 2 aromatic rings. The molecule has 3 amide bonds. The molecule has 2 saturated heterocycles. The number of amides is 3. The zero-order valence-corrected chi connectivity index (χ0v) is 20.1. The summed E-state index contributed by atoms with van der Waals surface area (Å²) in [6, 6.07) is 11.5. The topological polar surface area (TPSA) is 67.9 Å². The second kappa shape index (κ2) is 11.2. The lowest BCUT2D eigenvalue weighted by Crippen LogP contribution is -2.56. The monoisotopic (exact) mass is 487 g/mol. The van der Waals surface area contributed by atoms with E-state index in [9.17, 15) is 14.0 Å². The zero-order valence-electron chi connectivity index (χ0n) is 19.3. The predicted octanol–water partition coefficient (Wildman–Crippen LogP) is 3.58. The Labute approximate surface area is 204 Å². The van der Waals surface area contributed by atoms with E-state index in [-0.39, 0.29) is 11.5 Å². The van der Waals surface area contributed by atoms with E-state index >= 15 is 0 Å². The summed E-state index contributed by atoms with van der Waals surface area (Å²) in [4.78, 5) is 32.7. The maximum absolute atomic E-state index is 14.7. The van der Waals surface area contributed by atoms with Gasteiger partial charge in [-0.05, 0) is 63.3 Å². The molecule has 0 aromatic heterocycles. The summed E-state index contributed by atoms with van der Waals surface area (Å²) >= 11 is 5.90. The highest BCUT2D eigenvalue weighted by Crippen LogP contribution is 2.23. The van der Waals surface area contributed by atoms with Crippen LogP contribution in [-0.4, -0.2) is 79.0 Å². The third-order valence-corrected chi connectivity index (χ3v) is 6.92. The van der Waals surface area contributed by atoms with E-state index < -0.39 is 17.9 Å². The van der Waals surface area contributed by atoms with Crippen LogP contribution in [-0.2, 0) is 4.79 Å². The maximum atomic E-state index is 14.7. The standard InChI is InChI=1S/C25H31ClFN5O2/c1-30-12-10-20(11-13-30)31-14-16-32(17-15-31)24(33)23(21-4-2-3-5-22(21)27)29-25(34)28-19-8-6-18(26)7-9-19/h2-9,20,23H,10-17H2,1H3,(H2,28,29,34). The summed E-state index contributed by atoms with van der Waals surface area (Å²) in [7, 11) is 2.14. The maximum Gasteiger partial charge on any atom is 0.320 e. The number of carbonyl (C=O) groups excluding carboxylic acids is 2. The fourth-order valence-electron chi connectivity index (χ4n) is 4.66. The quantitative estimate of drug-likeness (QED) is 0.676. The van der Waals surface area contributed by atoms with Gasteiger partial charge in [-0.15, -0.1) is 0 Å². The van der Waals surface area contributed by atoms with Gasteiger partial charge in [-0.1, -0.05) is 29.8 Å². The molecule has 0 bridgehead atoms. The number of nitrogens with one attached hydrogen (secondary N) is 2. The molecule has 2 heterocycles. The van der Waals surface area contributed by atoms with E-state index in [4.69, 9.17) is 11.6 Å². The third kappa shape index (κ3) is 6.05. The molecular weight excluding hydrogens is 457 g/mol. The van der Waals surface area contributed by atoms with E-state index in [1.54, 1.807) is 41.3 Å². The summed E-state index contributed by atoms with van der Waals surface area (Å²) in [5.74, 6) is -0.836. The normalized spacial score (nSPS) is 19.0. The van der Waals surface area contributed by atoms with Crippen molar-refractivity contribution in [3.05, 3.63) is 64.9 Å². The van der Waals surface area contributed by atoms with Crippen LogP contribution in [0.15, 0.2) is 48.5 Å². The Morgan fingerprint density at radius 3 is 2.26 bits per heavy atom. The molecule has 9 heteroatoms. The number of anilines is 1. The fraction of sp³-hybridized carbons (Fsp3) is 0.440. The van der Waals surface area contributed by atoms with E-state index in [0.717, 1.165) is 39.0 Å². The molecule has 182 valence electrons. The Balaban J connectivity index is 1.42. The number of piperazine rings is 1. The molecule has 2 N–H and O–H groups in total. The average Bonchev–Trinajstić information content (AvgIpc) is 2.85. The molecule has 2 fully saturated rings. The third-order valence-electron chi connectivity index (χ3n) is 6.67. The van der Waals surface area contributed by atoms with Crippen molar-refractivity contribution in [1.82, 2.24) is 20.0 Å². The van der Waals surface area contributed by atoms with Crippen LogP contribution in [0.25, 0.3) is 0 Å². The lowest BCUT2D eigenvalue weighted by atomic mass is 10.0. The predicted molar refractivity (Wildman–Crippen MR) is 131 cm³/mol. The molecule has 2 aliphatic heterocycles. The summed E-state index contributed by atoms with van der Waals surface area (Å²) in [5, 5.41) is 5.91. The summed E-state index contributed by atoms with van der Waals surface area (Å²) < 4.78 is 14.7. The molecule has 0 radical (unpaired) electrons. The number of carbonyl (C=O) groups is 2. The molecule has 34 heavy (non-hydrogen) atoms. The Morgan fingerprint density at radius 1 is 0.971 bits per heavy atom. The first-order valence-electron chi connectivity index (χ1n) is 11.7. The first-order chi connectivity index (χ1) is 16.4. The minimum absolute atomic E-state index is 0.150. The van der Waals surface area contributed by atoms with Gasteiger partial charge in [0.1, 0.15) is 11.9 Å². The number of hydrogen-bond acceptors (Lipinski definition) is 4. The van der Waals surface area contributed by atoms with Gasteiger partial charge in [0.05, 0.1) is 0 Å². The van der Waals surface area contributed by atoms with Gasteiger partial charge < -0.3 is 20.4 Å². The highest BCUT2D eigenvalue weighted by Gasteiger charge is 2.33. The molecule has 0 saturated carbocycles. The molecule has 1 atom stereocenters. The largest absolute Gasteiger partial charge is 0.338 e. The van der Waals surface area contributed by atoms with Crippen LogP contribution in [0.2, 0.25) is 5.02 Å². The van der Waals surface area contributed by atoms with Gasteiger partial charge in [-0.2, -0.15) is 0 Å². The van der Waals surface area contributed by atoms with Gasteiger partial charge in [0, 0.05) is 48.5 Å². The van der Waals surface area contributed by atoms with Crippen LogP contribution in [0.1, 0.15) is 24.4 Å². The summed E-state index contributed by atoms with van der Waals surface area (Å²) in [6.07, 6.45) is 2.27. The van der Waals surface area contributed by atoms with Crippen molar-refractivity contribution in [3.8, 4) is 0 Å². The number of benzene rings is 2. The van der Waals surface area contributed by atoms with Gasteiger partial charge in [-0.25, -0.2) is 9.18 Å². The Kier molecular flexibility index (Phi) is 8.03. The highest BCUT2D eigenvalue weighted by molar-refractivity contribution is 6.30. The van der Waals surface area contributed by atoms with E-state index in [0.29, 0.717) is 29.8 Å². The molecule has 0 aliphatic carbocycles. The highest BCUT2D eigenvalue weighted by atomic mass is 35.5. The van der Waals surface area contributed by atoms with Gasteiger partial charge in [0.2, 0.25) is 5.91 Å². The average molecular weight is 488 g/mol. The first kappa shape index (κ1) is 24.4. The number of likely N-dealkylation sites (tertiary alicyclic amines) is 1. The second-order valence-electron chi connectivity index (χ2n) is 8.96. The molecule has 0 spiro atoms. The van der Waals surface area contributed by atoms with Crippen molar-refractivity contribution in [2.45, 2.75) is 24.9 Å². The molecule has 1 unspecified atom stereocenters. The zero-order chi connectivity index (χ0) is 24.1. The van der Waals surface area contributed by atoms with Crippen molar-refractivity contribution < 1.29 is 14.0 Å². The van der Waals surface area contributed by atoms with Gasteiger partial charge in [-0.3, -0.25) is 9.69 Å². The first-order valence-corrected chi connectivity index (χ1v) is 12.1. The smallest absolute Gasteiger partial charge is 0.320 e. The van der Waals surface area contributed by atoms with Crippen molar-refractivity contribution in [3.63, 3.8) is 0 Å². The lowest BCUT2D eigenvalue weighted by Gasteiger charge is -2.42. The molecule has 2 aromatic carbocycles. The van der Waals surface area contributed by atoms with Gasteiger partial charge >= 0.3 is 6.03 Å². The number of halogens is 2. The van der Waals surface area contributed by atoms with Crippen molar-refractivity contribution in [2.75, 3.05) is 51.6 Å². The number of nitrogens with zero attached hydrogens (tertiary/aromatic N) is 3. The number of hydrogen-bond donors (Lipinski definition) is 2. The van der Waals surface area contributed by atoms with Crippen LogP contribution in [0.3, 0.4) is 0 Å². The van der Waals surface area contributed by atoms with Crippen LogP contribution in [0.5, 0.6) is 0 Å². The Bertz CT molecular complexity index is 989. The molecule has 2 aliphatic rings. The SMILES string of the molecule is CN1CCC(N2CCN(C(=O)C(NC(=O)Nc3ccc(Cl)cc3)c3ccccc3F)CC2)CC1. The van der Waals surface area contributed by atoms with Crippen molar-refractivity contribution >= 4 is 29.2 Å². The minimum atomic E-state index is -1.12. The van der Waals surface area contributed by atoms with Crippen LogP contribution >= 0.6 is 11.6 Å². The Morgan fingerprint density at radius 2 is 1.62 bits per heavy atom. The van der Waals surface area contributed by atoms with Crippen LogP contribution < -0.4 is 10.6 Å². The molecule has 4 rings (SSSR count). The number of rotatable bonds is 5. The minimum Gasteiger partial charge on any atom is -0.338 e. The second-order valence-corrected chi connectivity index (χ2v) is 9.39. The number of urea groups is 1. The van der Waals surface area contributed by atoms with Gasteiger partial charge in [0.15, 0.2) is 0 Å². The lowest BCUT2D eigenvalue weighted by molar-refractivity contribution is -0.135. The van der Waals surface area contributed by atoms with Crippen LogP contribution in [0.4, 0.5) is 14.9 Å². The van der Waals surface area contributed by atoms with Gasteiger partial charge in [0.25, 0.3) is 0 Å². The summed E-state index contributed by atoms with van der Waals surface area (Å²) in [5.41, 5.74) is 0.671. The van der Waals surface area contributed by atoms with E-state index in [2.05, 4.69) is 27.5 Å². The summed E-state index contributed by atoms with van der Waals surface area (Å²) in [6.45, 7) is 4.84. The molecule has 7 nitrogen and oxygen atoms in total. The van der Waals surface area contributed by atoms with Crippen LogP contribution in [0, 0.1) is 5.82 Å². The van der Waals surface area contributed by atoms with Crippen molar-refractivity contribution in [2.24, 2.45) is 0 Å². The Hall–Kier alpha value is -2.68. The fourth-order valence-corrected chi connectivity index (χ4v) is 4.79. The van der Waals surface area contributed by atoms with E-state index in [1.807, 2.05) is 0 Å².